The Morgan fingerprint density at radius 1 is 1.07 bits per heavy atom. The molecule has 3 aromatic rings. The van der Waals surface area contributed by atoms with Crippen molar-refractivity contribution in [2.45, 2.75) is 19.3 Å². The van der Waals surface area contributed by atoms with Crippen LogP contribution in [-0.2, 0) is 4.79 Å². The number of anilines is 1. The summed E-state index contributed by atoms with van der Waals surface area (Å²) in [5, 5.41) is 15.7. The first kappa shape index (κ1) is 18.7. The molecular formula is C20H21N5O4. The summed E-state index contributed by atoms with van der Waals surface area (Å²) >= 11 is 0. The quantitative estimate of drug-likeness (QED) is 0.708. The number of fused-ring (bicyclic) bond motifs is 1. The van der Waals surface area contributed by atoms with Gasteiger partial charge in [-0.1, -0.05) is 0 Å². The first-order valence-corrected chi connectivity index (χ1v) is 9.05. The minimum absolute atomic E-state index is 0.116. The molecule has 0 spiro atoms. The van der Waals surface area contributed by atoms with Crippen molar-refractivity contribution in [3.05, 3.63) is 47.2 Å². The Kier molecular flexibility index (Phi) is 4.79. The van der Waals surface area contributed by atoms with Gasteiger partial charge in [-0.25, -0.2) is 0 Å². The minimum Gasteiger partial charge on any atom is -0.497 e. The van der Waals surface area contributed by atoms with Crippen molar-refractivity contribution in [3.63, 3.8) is 0 Å². The number of rotatable bonds is 5. The molecule has 4 rings (SSSR count). The molecular weight excluding hydrogens is 374 g/mol. The highest BCUT2D eigenvalue weighted by Crippen LogP contribution is 2.44. The number of nitrogens with one attached hydrogen (secondary N) is 1. The lowest BCUT2D eigenvalue weighted by Gasteiger charge is -2.25. The van der Waals surface area contributed by atoms with E-state index < -0.39 is 0 Å². The Labute approximate surface area is 167 Å². The van der Waals surface area contributed by atoms with E-state index in [0.29, 0.717) is 29.0 Å². The monoisotopic (exact) mass is 395 g/mol. The van der Waals surface area contributed by atoms with Crippen LogP contribution < -0.4 is 19.5 Å². The SMILES string of the molecule is COc1ccc(OC)c(C2CC(=O)Nc3c2c(C)nn3-c2ccc(OC)nn2)c1. The van der Waals surface area contributed by atoms with Crippen molar-refractivity contribution in [2.75, 3.05) is 26.6 Å². The normalized spacial score (nSPS) is 15.4. The minimum atomic E-state index is -0.233. The fourth-order valence-electron chi connectivity index (χ4n) is 3.63. The number of benzene rings is 1. The van der Waals surface area contributed by atoms with E-state index in [0.717, 1.165) is 16.8 Å². The molecule has 0 saturated carbocycles. The van der Waals surface area contributed by atoms with Crippen LogP contribution in [0, 0.1) is 6.92 Å². The Balaban J connectivity index is 1.86. The fourth-order valence-corrected chi connectivity index (χ4v) is 3.63. The highest BCUT2D eigenvalue weighted by Gasteiger charge is 2.34. The molecule has 1 N–H and O–H groups in total. The van der Waals surface area contributed by atoms with Crippen LogP contribution in [0.4, 0.5) is 5.82 Å². The third-order valence-corrected chi connectivity index (χ3v) is 4.97. The predicted octanol–water partition coefficient (Wildman–Crippen LogP) is 2.47. The zero-order chi connectivity index (χ0) is 20.5. The molecule has 1 aromatic carbocycles. The van der Waals surface area contributed by atoms with E-state index in [1.54, 1.807) is 31.0 Å². The average Bonchev–Trinajstić information content (AvgIpc) is 3.08. The second-order valence-electron chi connectivity index (χ2n) is 6.61. The molecule has 9 nitrogen and oxygen atoms in total. The number of nitrogens with zero attached hydrogens (tertiary/aromatic N) is 4. The molecule has 0 saturated heterocycles. The maximum atomic E-state index is 12.6. The van der Waals surface area contributed by atoms with E-state index in [4.69, 9.17) is 14.2 Å². The summed E-state index contributed by atoms with van der Waals surface area (Å²) in [4.78, 5) is 12.6. The zero-order valence-electron chi connectivity index (χ0n) is 16.6. The van der Waals surface area contributed by atoms with Crippen molar-refractivity contribution >= 4 is 11.7 Å². The van der Waals surface area contributed by atoms with Gasteiger partial charge in [0.15, 0.2) is 5.82 Å². The Morgan fingerprint density at radius 2 is 1.90 bits per heavy atom. The number of carbonyl (C=O) groups is 1. The van der Waals surface area contributed by atoms with Gasteiger partial charge in [-0.05, 0) is 31.2 Å². The average molecular weight is 395 g/mol. The van der Waals surface area contributed by atoms with Gasteiger partial charge in [0.2, 0.25) is 11.8 Å². The van der Waals surface area contributed by atoms with Crippen molar-refractivity contribution in [2.24, 2.45) is 0 Å². The molecule has 1 aliphatic heterocycles. The van der Waals surface area contributed by atoms with Crippen molar-refractivity contribution in [1.29, 1.82) is 0 Å². The van der Waals surface area contributed by atoms with E-state index in [1.807, 2.05) is 25.1 Å². The van der Waals surface area contributed by atoms with Crippen LogP contribution in [0.3, 0.4) is 0 Å². The van der Waals surface area contributed by atoms with E-state index >= 15 is 0 Å². The van der Waals surface area contributed by atoms with Gasteiger partial charge in [-0.3, -0.25) is 4.79 Å². The van der Waals surface area contributed by atoms with Crippen LogP contribution >= 0.6 is 0 Å². The Morgan fingerprint density at radius 3 is 2.55 bits per heavy atom. The number of aryl methyl sites for hydroxylation is 1. The number of aromatic nitrogens is 4. The zero-order valence-corrected chi connectivity index (χ0v) is 16.6. The number of carbonyl (C=O) groups excluding carboxylic acids is 1. The van der Waals surface area contributed by atoms with Crippen LogP contribution in [0.5, 0.6) is 17.4 Å². The van der Waals surface area contributed by atoms with Crippen LogP contribution in [0.15, 0.2) is 30.3 Å². The molecule has 1 atom stereocenters. The van der Waals surface area contributed by atoms with Gasteiger partial charge in [0, 0.05) is 29.5 Å². The summed E-state index contributed by atoms with van der Waals surface area (Å²) in [6, 6.07) is 9.00. The van der Waals surface area contributed by atoms with Crippen LogP contribution in [0.25, 0.3) is 5.82 Å². The molecule has 0 aliphatic carbocycles. The smallest absolute Gasteiger partial charge is 0.233 e. The van der Waals surface area contributed by atoms with E-state index in [-0.39, 0.29) is 18.2 Å². The van der Waals surface area contributed by atoms with Gasteiger partial charge in [0.05, 0.1) is 27.0 Å². The molecule has 1 aliphatic rings. The maximum absolute atomic E-state index is 12.6. The van der Waals surface area contributed by atoms with E-state index in [9.17, 15) is 4.79 Å². The lowest BCUT2D eigenvalue weighted by atomic mass is 9.85. The molecule has 9 heteroatoms. The summed E-state index contributed by atoms with van der Waals surface area (Å²) in [5.74, 6) is 2.49. The lowest BCUT2D eigenvalue weighted by molar-refractivity contribution is -0.116. The van der Waals surface area contributed by atoms with E-state index in [2.05, 4.69) is 20.6 Å². The van der Waals surface area contributed by atoms with Crippen LogP contribution in [0.1, 0.15) is 29.2 Å². The van der Waals surface area contributed by atoms with Crippen molar-refractivity contribution < 1.29 is 19.0 Å². The highest BCUT2D eigenvalue weighted by molar-refractivity contribution is 5.95. The van der Waals surface area contributed by atoms with Gasteiger partial charge < -0.3 is 19.5 Å². The molecule has 29 heavy (non-hydrogen) atoms. The van der Waals surface area contributed by atoms with Crippen LogP contribution in [0.2, 0.25) is 0 Å². The number of amides is 1. The van der Waals surface area contributed by atoms with Crippen LogP contribution in [-0.4, -0.2) is 47.2 Å². The summed E-state index contributed by atoms with van der Waals surface area (Å²) in [7, 11) is 4.74. The molecule has 1 amide bonds. The first-order chi connectivity index (χ1) is 14.0. The molecule has 150 valence electrons. The molecule has 0 radical (unpaired) electrons. The third kappa shape index (κ3) is 3.24. The number of methoxy groups -OCH3 is 3. The maximum Gasteiger partial charge on any atom is 0.233 e. The molecule has 0 bridgehead atoms. The summed E-state index contributed by atoms with van der Waals surface area (Å²) < 4.78 is 17.6. The highest BCUT2D eigenvalue weighted by atomic mass is 16.5. The van der Waals surface area contributed by atoms with Gasteiger partial charge >= 0.3 is 0 Å². The topological polar surface area (TPSA) is 100 Å². The summed E-state index contributed by atoms with van der Waals surface area (Å²) in [5.41, 5.74) is 2.56. The molecule has 3 heterocycles. The van der Waals surface area contributed by atoms with Crippen molar-refractivity contribution in [3.8, 4) is 23.2 Å². The fraction of sp³-hybridized carbons (Fsp3) is 0.300. The first-order valence-electron chi connectivity index (χ1n) is 9.05. The third-order valence-electron chi connectivity index (χ3n) is 4.97. The Hall–Kier alpha value is -3.62. The van der Waals surface area contributed by atoms with E-state index in [1.165, 1.54) is 7.11 Å². The summed E-state index contributed by atoms with van der Waals surface area (Å²) in [6.45, 7) is 1.91. The molecule has 0 fully saturated rings. The van der Waals surface area contributed by atoms with Gasteiger partial charge in [0.25, 0.3) is 0 Å². The largest absolute Gasteiger partial charge is 0.497 e. The number of hydrogen-bond donors (Lipinski definition) is 1. The van der Waals surface area contributed by atoms with Gasteiger partial charge in [-0.2, -0.15) is 9.78 Å². The second-order valence-corrected chi connectivity index (χ2v) is 6.61. The van der Waals surface area contributed by atoms with Gasteiger partial charge in [0.1, 0.15) is 17.3 Å². The number of ether oxygens (including phenoxy) is 3. The van der Waals surface area contributed by atoms with Gasteiger partial charge in [-0.15, -0.1) is 10.2 Å². The second kappa shape index (κ2) is 7.42. The molecule has 2 aromatic heterocycles. The summed E-state index contributed by atoms with van der Waals surface area (Å²) in [6.07, 6.45) is 0.275. The van der Waals surface area contributed by atoms with Crippen molar-refractivity contribution in [1.82, 2.24) is 20.0 Å². The Bertz CT molecular complexity index is 1060. The number of hydrogen-bond acceptors (Lipinski definition) is 7. The lowest BCUT2D eigenvalue weighted by Crippen LogP contribution is -2.25. The standard InChI is InChI=1S/C20H21N5O4/c1-11-19-14(13-9-12(27-2)5-6-15(13)28-3)10-17(26)21-20(19)25(24-11)16-7-8-18(29-4)23-22-16/h5-9,14H,10H2,1-4H3,(H,21,26). The predicted molar refractivity (Wildman–Crippen MR) is 105 cm³/mol. The molecule has 1 unspecified atom stereocenters.